The summed E-state index contributed by atoms with van der Waals surface area (Å²) in [6.07, 6.45) is 1.74. The Balaban J connectivity index is 2.87. The molecule has 1 aromatic heterocycles. The topological polar surface area (TPSA) is 90.0 Å². The van der Waals surface area contributed by atoms with Gasteiger partial charge in [-0.05, 0) is 20.3 Å². The van der Waals surface area contributed by atoms with Crippen molar-refractivity contribution in [2.75, 3.05) is 6.54 Å². The van der Waals surface area contributed by atoms with Gasteiger partial charge in [-0.3, -0.25) is 4.68 Å². The SMILES string of the molecule is CCC[C@@H](N)CNS(=O)(=O)c1c(C)nn(C)c1C. The van der Waals surface area contributed by atoms with Crippen LogP contribution in [0.15, 0.2) is 4.90 Å². The van der Waals surface area contributed by atoms with Gasteiger partial charge in [-0.2, -0.15) is 5.10 Å². The first kappa shape index (κ1) is 15.1. The molecule has 0 aliphatic carbocycles. The van der Waals surface area contributed by atoms with Gasteiger partial charge in [-0.25, -0.2) is 13.1 Å². The minimum absolute atomic E-state index is 0.151. The molecule has 0 aromatic carbocycles. The Bertz CT molecular complexity index is 507. The van der Waals surface area contributed by atoms with Crippen molar-refractivity contribution >= 4 is 10.0 Å². The van der Waals surface area contributed by atoms with Crippen molar-refractivity contribution in [3.05, 3.63) is 11.4 Å². The fourth-order valence-corrected chi connectivity index (χ4v) is 3.43. The highest BCUT2D eigenvalue weighted by atomic mass is 32.2. The predicted molar refractivity (Wildman–Crippen MR) is 70.8 cm³/mol. The van der Waals surface area contributed by atoms with Gasteiger partial charge in [0.25, 0.3) is 0 Å². The lowest BCUT2D eigenvalue weighted by Crippen LogP contribution is -2.37. The molecule has 104 valence electrons. The van der Waals surface area contributed by atoms with Crippen molar-refractivity contribution < 1.29 is 8.42 Å². The van der Waals surface area contributed by atoms with E-state index in [-0.39, 0.29) is 17.5 Å². The lowest BCUT2D eigenvalue weighted by atomic mass is 10.2. The summed E-state index contributed by atoms with van der Waals surface area (Å²) in [4.78, 5) is 0.258. The Morgan fingerprint density at radius 1 is 1.44 bits per heavy atom. The fraction of sp³-hybridized carbons (Fsp3) is 0.727. The molecule has 0 radical (unpaired) electrons. The summed E-state index contributed by atoms with van der Waals surface area (Å²) in [7, 11) is -1.80. The first-order valence-corrected chi connectivity index (χ1v) is 7.53. The number of sulfonamides is 1. The maximum absolute atomic E-state index is 12.2. The minimum atomic E-state index is -3.53. The molecule has 18 heavy (non-hydrogen) atoms. The van der Waals surface area contributed by atoms with Crippen LogP contribution in [-0.2, 0) is 17.1 Å². The quantitative estimate of drug-likeness (QED) is 0.787. The van der Waals surface area contributed by atoms with Gasteiger partial charge in [-0.15, -0.1) is 0 Å². The van der Waals surface area contributed by atoms with Crippen LogP contribution in [0.2, 0.25) is 0 Å². The molecular weight excluding hydrogens is 252 g/mol. The zero-order chi connectivity index (χ0) is 13.9. The Hall–Kier alpha value is -0.920. The molecule has 6 nitrogen and oxygen atoms in total. The molecule has 0 fully saturated rings. The summed E-state index contributed by atoms with van der Waals surface area (Å²) in [5.74, 6) is 0. The summed E-state index contributed by atoms with van der Waals surface area (Å²) >= 11 is 0. The van der Waals surface area contributed by atoms with Crippen LogP contribution >= 0.6 is 0 Å². The molecule has 0 spiro atoms. The van der Waals surface area contributed by atoms with Crippen molar-refractivity contribution in [2.45, 2.75) is 44.6 Å². The van der Waals surface area contributed by atoms with Gasteiger partial charge in [0.2, 0.25) is 10.0 Å². The minimum Gasteiger partial charge on any atom is -0.327 e. The van der Waals surface area contributed by atoms with Crippen LogP contribution in [0, 0.1) is 13.8 Å². The lowest BCUT2D eigenvalue weighted by Gasteiger charge is -2.12. The number of hydrogen-bond acceptors (Lipinski definition) is 4. The van der Waals surface area contributed by atoms with Crippen LogP contribution in [0.3, 0.4) is 0 Å². The normalized spacial score (nSPS) is 13.8. The van der Waals surface area contributed by atoms with E-state index in [0.717, 1.165) is 12.8 Å². The van der Waals surface area contributed by atoms with Crippen molar-refractivity contribution in [2.24, 2.45) is 12.8 Å². The second-order valence-electron chi connectivity index (χ2n) is 4.52. The number of nitrogens with two attached hydrogens (primary N) is 1. The van der Waals surface area contributed by atoms with Crippen LogP contribution in [0.4, 0.5) is 0 Å². The average molecular weight is 274 g/mol. The summed E-state index contributed by atoms with van der Waals surface area (Å²) in [5, 5.41) is 4.11. The van der Waals surface area contributed by atoms with E-state index >= 15 is 0 Å². The summed E-state index contributed by atoms with van der Waals surface area (Å²) in [6, 6.07) is -0.151. The molecule has 3 N–H and O–H groups in total. The molecule has 1 atom stereocenters. The Morgan fingerprint density at radius 3 is 2.50 bits per heavy atom. The van der Waals surface area contributed by atoms with Crippen LogP contribution in [0.1, 0.15) is 31.2 Å². The predicted octanol–water partition coefficient (Wildman–Crippen LogP) is 0.443. The van der Waals surface area contributed by atoms with Gasteiger partial charge in [0.05, 0.1) is 11.4 Å². The third-order valence-corrected chi connectivity index (χ3v) is 4.58. The number of nitrogens with zero attached hydrogens (tertiary/aromatic N) is 2. The van der Waals surface area contributed by atoms with Crippen molar-refractivity contribution in [1.29, 1.82) is 0 Å². The second kappa shape index (κ2) is 5.81. The standard InChI is InChI=1S/C11H22N4O2S/c1-5-6-10(12)7-13-18(16,17)11-8(2)14-15(4)9(11)3/h10,13H,5-7,12H2,1-4H3/t10-/m1/s1. The van der Waals surface area contributed by atoms with Gasteiger partial charge >= 0.3 is 0 Å². The van der Waals surface area contributed by atoms with Gasteiger partial charge in [0.1, 0.15) is 4.90 Å². The Kier molecular flexibility index (Phi) is 4.89. The average Bonchev–Trinajstić information content (AvgIpc) is 2.51. The van der Waals surface area contributed by atoms with E-state index < -0.39 is 10.0 Å². The fourth-order valence-electron chi connectivity index (χ4n) is 1.90. The first-order valence-electron chi connectivity index (χ1n) is 6.05. The van der Waals surface area contributed by atoms with E-state index in [1.807, 2.05) is 6.92 Å². The van der Waals surface area contributed by atoms with E-state index in [1.54, 1.807) is 25.6 Å². The maximum atomic E-state index is 12.2. The number of rotatable bonds is 6. The van der Waals surface area contributed by atoms with Crippen LogP contribution in [-0.4, -0.2) is 30.8 Å². The molecule has 0 saturated heterocycles. The Morgan fingerprint density at radius 2 is 2.06 bits per heavy atom. The van der Waals surface area contributed by atoms with Crippen LogP contribution < -0.4 is 10.5 Å². The van der Waals surface area contributed by atoms with Gasteiger partial charge in [0.15, 0.2) is 0 Å². The van der Waals surface area contributed by atoms with Crippen molar-refractivity contribution in [1.82, 2.24) is 14.5 Å². The molecule has 0 unspecified atom stereocenters. The number of aromatic nitrogens is 2. The highest BCUT2D eigenvalue weighted by Gasteiger charge is 2.23. The third kappa shape index (κ3) is 3.30. The molecule has 0 saturated carbocycles. The smallest absolute Gasteiger partial charge is 0.244 e. The summed E-state index contributed by atoms with van der Waals surface area (Å²) < 4.78 is 28.5. The van der Waals surface area contributed by atoms with Gasteiger partial charge in [-0.1, -0.05) is 13.3 Å². The maximum Gasteiger partial charge on any atom is 0.244 e. The van der Waals surface area contributed by atoms with Crippen molar-refractivity contribution in [3.8, 4) is 0 Å². The zero-order valence-electron chi connectivity index (χ0n) is 11.4. The number of hydrogen-bond donors (Lipinski definition) is 2. The molecule has 0 aliphatic rings. The molecule has 0 amide bonds. The molecule has 1 rings (SSSR count). The van der Waals surface area contributed by atoms with Crippen LogP contribution in [0.5, 0.6) is 0 Å². The summed E-state index contributed by atoms with van der Waals surface area (Å²) in [6.45, 7) is 5.70. The highest BCUT2D eigenvalue weighted by molar-refractivity contribution is 7.89. The lowest BCUT2D eigenvalue weighted by molar-refractivity contribution is 0.551. The summed E-state index contributed by atoms with van der Waals surface area (Å²) in [5.41, 5.74) is 6.94. The third-order valence-electron chi connectivity index (χ3n) is 2.91. The zero-order valence-corrected chi connectivity index (χ0v) is 12.2. The molecular formula is C11H22N4O2S. The highest BCUT2D eigenvalue weighted by Crippen LogP contribution is 2.18. The molecule has 1 heterocycles. The number of nitrogens with one attached hydrogen (secondary N) is 1. The molecule has 1 aromatic rings. The molecule has 0 aliphatic heterocycles. The number of aryl methyl sites for hydroxylation is 2. The van der Waals surface area contributed by atoms with E-state index in [1.165, 1.54) is 0 Å². The van der Waals surface area contributed by atoms with E-state index in [4.69, 9.17) is 5.73 Å². The first-order chi connectivity index (χ1) is 8.29. The second-order valence-corrected chi connectivity index (χ2v) is 6.23. The van der Waals surface area contributed by atoms with E-state index in [0.29, 0.717) is 11.4 Å². The van der Waals surface area contributed by atoms with Crippen molar-refractivity contribution in [3.63, 3.8) is 0 Å². The van der Waals surface area contributed by atoms with E-state index in [9.17, 15) is 8.42 Å². The Labute approximate surface area is 109 Å². The van der Waals surface area contributed by atoms with E-state index in [2.05, 4.69) is 9.82 Å². The monoisotopic (exact) mass is 274 g/mol. The largest absolute Gasteiger partial charge is 0.327 e. The van der Waals surface area contributed by atoms with Crippen LogP contribution in [0.25, 0.3) is 0 Å². The molecule has 0 bridgehead atoms. The van der Waals surface area contributed by atoms with Gasteiger partial charge < -0.3 is 5.73 Å². The molecule has 7 heteroatoms. The van der Waals surface area contributed by atoms with Gasteiger partial charge in [0, 0.05) is 19.6 Å².